The number of carbonyl (C=O) groups excluding carboxylic acids is 1. The Morgan fingerprint density at radius 1 is 1.26 bits per heavy atom. The monoisotopic (exact) mass is 371 g/mol. The molecule has 7 heteroatoms. The van der Waals surface area contributed by atoms with Gasteiger partial charge in [-0.3, -0.25) is 9.69 Å². The van der Waals surface area contributed by atoms with Crippen molar-refractivity contribution in [1.29, 1.82) is 0 Å². The highest BCUT2D eigenvalue weighted by Gasteiger charge is 2.37. The van der Waals surface area contributed by atoms with Crippen LogP contribution in [0.5, 0.6) is 0 Å². The Kier molecular flexibility index (Phi) is 5.20. The predicted octanol–water partition coefficient (Wildman–Crippen LogP) is 2.53. The largest absolute Gasteiger partial charge is 0.332 e. The van der Waals surface area contributed by atoms with E-state index < -0.39 is 0 Å². The SMILES string of the molecule is Cn1cnnc1C1CCCN1C(=O)C1CCCN(Cc2cccc(F)c2)C1. The Hall–Kier alpha value is -2.28. The number of benzene rings is 1. The van der Waals surface area contributed by atoms with E-state index in [0.29, 0.717) is 6.54 Å². The van der Waals surface area contributed by atoms with E-state index in [1.165, 1.54) is 6.07 Å². The summed E-state index contributed by atoms with van der Waals surface area (Å²) >= 11 is 0. The first-order valence-electron chi connectivity index (χ1n) is 9.73. The lowest BCUT2D eigenvalue weighted by Gasteiger charge is -2.35. The van der Waals surface area contributed by atoms with E-state index in [9.17, 15) is 9.18 Å². The predicted molar refractivity (Wildman–Crippen MR) is 99.1 cm³/mol. The van der Waals surface area contributed by atoms with Crippen molar-refractivity contribution in [2.45, 2.75) is 38.3 Å². The molecular weight excluding hydrogens is 345 g/mol. The summed E-state index contributed by atoms with van der Waals surface area (Å²) in [6, 6.07) is 6.76. The normalized spacial score (nSPS) is 23.7. The van der Waals surface area contributed by atoms with E-state index in [-0.39, 0.29) is 23.7 Å². The molecule has 2 aliphatic heterocycles. The van der Waals surface area contributed by atoms with E-state index in [0.717, 1.165) is 56.7 Å². The Labute approximate surface area is 159 Å². The Balaban J connectivity index is 1.43. The zero-order valence-corrected chi connectivity index (χ0v) is 15.7. The molecule has 144 valence electrons. The van der Waals surface area contributed by atoms with Crippen LogP contribution in [0, 0.1) is 11.7 Å². The van der Waals surface area contributed by atoms with Crippen LogP contribution in [0.2, 0.25) is 0 Å². The van der Waals surface area contributed by atoms with Crippen LogP contribution in [-0.2, 0) is 18.4 Å². The molecule has 0 N–H and O–H groups in total. The minimum atomic E-state index is -0.208. The molecule has 0 saturated carbocycles. The molecule has 0 bridgehead atoms. The number of nitrogens with zero attached hydrogens (tertiary/aromatic N) is 5. The molecule has 6 nitrogen and oxygen atoms in total. The van der Waals surface area contributed by atoms with Gasteiger partial charge in [-0.15, -0.1) is 10.2 Å². The van der Waals surface area contributed by atoms with Crippen molar-refractivity contribution in [2.24, 2.45) is 13.0 Å². The second-order valence-electron chi connectivity index (χ2n) is 7.69. The first-order chi connectivity index (χ1) is 13.1. The third-order valence-electron chi connectivity index (χ3n) is 5.73. The molecule has 2 unspecified atom stereocenters. The molecule has 4 rings (SSSR count). The number of carbonyl (C=O) groups is 1. The van der Waals surface area contributed by atoms with Gasteiger partial charge in [-0.25, -0.2) is 4.39 Å². The fourth-order valence-electron chi connectivity index (χ4n) is 4.42. The van der Waals surface area contributed by atoms with Crippen LogP contribution in [0.25, 0.3) is 0 Å². The average molecular weight is 371 g/mol. The lowest BCUT2D eigenvalue weighted by molar-refractivity contribution is -0.138. The highest BCUT2D eigenvalue weighted by molar-refractivity contribution is 5.80. The molecule has 3 heterocycles. The van der Waals surface area contributed by atoms with Crippen LogP contribution >= 0.6 is 0 Å². The van der Waals surface area contributed by atoms with Gasteiger partial charge in [-0.2, -0.15) is 0 Å². The first kappa shape index (κ1) is 18.1. The molecule has 1 aromatic carbocycles. The van der Waals surface area contributed by atoms with Gasteiger partial charge in [0.15, 0.2) is 5.82 Å². The van der Waals surface area contributed by atoms with Crippen LogP contribution in [0.4, 0.5) is 4.39 Å². The lowest BCUT2D eigenvalue weighted by Crippen LogP contribution is -2.44. The number of rotatable bonds is 4. The Morgan fingerprint density at radius 2 is 2.11 bits per heavy atom. The van der Waals surface area contributed by atoms with E-state index in [4.69, 9.17) is 0 Å². The molecule has 2 saturated heterocycles. The number of piperidine rings is 1. The van der Waals surface area contributed by atoms with Crippen LogP contribution in [0.15, 0.2) is 30.6 Å². The number of hydrogen-bond donors (Lipinski definition) is 0. The smallest absolute Gasteiger partial charge is 0.227 e. The van der Waals surface area contributed by atoms with E-state index >= 15 is 0 Å². The fourth-order valence-corrected chi connectivity index (χ4v) is 4.42. The molecule has 0 radical (unpaired) electrons. The number of likely N-dealkylation sites (tertiary alicyclic amines) is 2. The minimum absolute atomic E-state index is 0.00105. The van der Waals surface area contributed by atoms with Crippen molar-refractivity contribution in [3.8, 4) is 0 Å². The van der Waals surface area contributed by atoms with Crippen LogP contribution in [-0.4, -0.2) is 50.1 Å². The summed E-state index contributed by atoms with van der Waals surface area (Å²) in [4.78, 5) is 17.5. The van der Waals surface area contributed by atoms with Crippen molar-refractivity contribution in [3.05, 3.63) is 47.8 Å². The molecule has 1 amide bonds. The van der Waals surface area contributed by atoms with Crippen molar-refractivity contribution in [3.63, 3.8) is 0 Å². The Bertz CT molecular complexity index is 807. The molecule has 2 atom stereocenters. The highest BCUT2D eigenvalue weighted by atomic mass is 19.1. The minimum Gasteiger partial charge on any atom is -0.332 e. The van der Waals surface area contributed by atoms with Gasteiger partial charge in [0.1, 0.15) is 12.1 Å². The maximum atomic E-state index is 13.4. The second kappa shape index (κ2) is 7.76. The van der Waals surface area contributed by atoms with E-state index in [2.05, 4.69) is 15.1 Å². The van der Waals surface area contributed by atoms with Gasteiger partial charge in [0.05, 0.1) is 12.0 Å². The van der Waals surface area contributed by atoms with Gasteiger partial charge < -0.3 is 9.47 Å². The molecule has 0 spiro atoms. The summed E-state index contributed by atoms with van der Waals surface area (Å²) in [6.45, 7) is 3.16. The van der Waals surface area contributed by atoms with Gasteiger partial charge in [0.25, 0.3) is 0 Å². The maximum absolute atomic E-state index is 13.4. The van der Waals surface area contributed by atoms with Gasteiger partial charge in [-0.05, 0) is 49.9 Å². The third kappa shape index (κ3) is 3.88. The standard InChI is InChI=1S/C20H26FN5O/c1-24-14-22-23-19(24)18-8-4-10-26(18)20(27)16-6-3-9-25(13-16)12-15-5-2-7-17(21)11-15/h2,5,7,11,14,16,18H,3-4,6,8-10,12-13H2,1H3. The topological polar surface area (TPSA) is 54.3 Å². The lowest BCUT2D eigenvalue weighted by atomic mass is 9.95. The molecule has 0 aliphatic carbocycles. The number of aryl methyl sites for hydroxylation is 1. The quantitative estimate of drug-likeness (QED) is 0.829. The van der Waals surface area contributed by atoms with Gasteiger partial charge in [0, 0.05) is 26.7 Å². The fraction of sp³-hybridized carbons (Fsp3) is 0.550. The van der Waals surface area contributed by atoms with Crippen molar-refractivity contribution < 1.29 is 9.18 Å². The zero-order valence-electron chi connectivity index (χ0n) is 15.7. The number of halogens is 1. The molecule has 2 aliphatic rings. The van der Waals surface area contributed by atoms with Crippen LogP contribution < -0.4 is 0 Å². The van der Waals surface area contributed by atoms with Crippen molar-refractivity contribution in [2.75, 3.05) is 19.6 Å². The molecule has 2 aromatic rings. The zero-order chi connectivity index (χ0) is 18.8. The number of amides is 1. The third-order valence-corrected chi connectivity index (χ3v) is 5.73. The molecule has 1 aromatic heterocycles. The molecule has 2 fully saturated rings. The summed E-state index contributed by atoms with van der Waals surface area (Å²) in [6.07, 6.45) is 5.55. The summed E-state index contributed by atoms with van der Waals surface area (Å²) in [5.41, 5.74) is 0.959. The van der Waals surface area contributed by atoms with Crippen molar-refractivity contribution >= 4 is 5.91 Å². The molecule has 27 heavy (non-hydrogen) atoms. The van der Waals surface area contributed by atoms with E-state index in [1.807, 2.05) is 22.6 Å². The van der Waals surface area contributed by atoms with Gasteiger partial charge in [0.2, 0.25) is 5.91 Å². The first-order valence-corrected chi connectivity index (χ1v) is 9.73. The van der Waals surface area contributed by atoms with Gasteiger partial charge in [-0.1, -0.05) is 12.1 Å². The Morgan fingerprint density at radius 3 is 2.89 bits per heavy atom. The number of hydrogen-bond acceptors (Lipinski definition) is 4. The number of aromatic nitrogens is 3. The van der Waals surface area contributed by atoms with Crippen molar-refractivity contribution in [1.82, 2.24) is 24.6 Å². The average Bonchev–Trinajstić information content (AvgIpc) is 3.30. The summed E-state index contributed by atoms with van der Waals surface area (Å²) in [5, 5.41) is 8.20. The summed E-state index contributed by atoms with van der Waals surface area (Å²) < 4.78 is 15.4. The van der Waals surface area contributed by atoms with Crippen LogP contribution in [0.1, 0.15) is 43.1 Å². The molecular formula is C20H26FN5O. The van der Waals surface area contributed by atoms with E-state index in [1.54, 1.807) is 18.5 Å². The summed E-state index contributed by atoms with van der Waals surface area (Å²) in [7, 11) is 1.93. The van der Waals surface area contributed by atoms with Crippen LogP contribution in [0.3, 0.4) is 0 Å². The second-order valence-corrected chi connectivity index (χ2v) is 7.69. The maximum Gasteiger partial charge on any atom is 0.227 e. The van der Waals surface area contributed by atoms with Gasteiger partial charge >= 0.3 is 0 Å². The summed E-state index contributed by atoms with van der Waals surface area (Å²) in [5.74, 6) is 0.888. The highest BCUT2D eigenvalue weighted by Crippen LogP contribution is 2.33.